The van der Waals surface area contributed by atoms with Gasteiger partial charge in [-0.25, -0.2) is 4.39 Å². The number of nitrogens with zero attached hydrogens (tertiary/aromatic N) is 4. The third-order valence-electron chi connectivity index (χ3n) is 4.33. The molecule has 0 N–H and O–H groups in total. The number of halogens is 1. The molecular weight excluding hydrogens is 311 g/mol. The lowest BCUT2D eigenvalue weighted by molar-refractivity contribution is -0.134. The number of aryl methyl sites for hydroxylation is 1. The molecule has 0 bridgehead atoms. The Labute approximate surface area is 139 Å². The molecule has 2 amide bonds. The second kappa shape index (κ2) is 6.07. The predicted molar refractivity (Wildman–Crippen MR) is 85.8 cm³/mol. The van der Waals surface area contributed by atoms with Crippen LogP contribution in [0.1, 0.15) is 27.7 Å². The first-order valence-electron chi connectivity index (χ1n) is 7.69. The molecule has 2 heterocycles. The highest BCUT2D eigenvalue weighted by Crippen LogP contribution is 2.32. The normalized spacial score (nSPS) is 16.7. The maximum atomic E-state index is 14.0. The van der Waals surface area contributed by atoms with Crippen LogP contribution < -0.4 is 0 Å². The molecule has 1 unspecified atom stereocenters. The van der Waals surface area contributed by atoms with Gasteiger partial charge in [0, 0.05) is 45.4 Å². The van der Waals surface area contributed by atoms with Crippen molar-refractivity contribution in [3.8, 4) is 0 Å². The highest BCUT2D eigenvalue weighted by Gasteiger charge is 2.39. The fourth-order valence-electron chi connectivity index (χ4n) is 3.06. The average molecular weight is 330 g/mol. The molecule has 126 valence electrons. The lowest BCUT2D eigenvalue weighted by Crippen LogP contribution is -2.47. The van der Waals surface area contributed by atoms with Gasteiger partial charge in [-0.3, -0.25) is 14.3 Å². The molecule has 0 radical (unpaired) electrons. The zero-order valence-corrected chi connectivity index (χ0v) is 13.9. The van der Waals surface area contributed by atoms with E-state index < -0.39 is 17.8 Å². The lowest BCUT2D eigenvalue weighted by Gasteiger charge is -2.36. The summed E-state index contributed by atoms with van der Waals surface area (Å²) >= 11 is 0. The van der Waals surface area contributed by atoms with Crippen LogP contribution in [0.25, 0.3) is 0 Å². The summed E-state index contributed by atoms with van der Waals surface area (Å²) in [6.45, 7) is 0.337. The first-order valence-corrected chi connectivity index (χ1v) is 7.69. The fraction of sp³-hybridized carbons (Fsp3) is 0.353. The van der Waals surface area contributed by atoms with E-state index in [1.165, 1.54) is 28.0 Å². The van der Waals surface area contributed by atoms with Gasteiger partial charge in [-0.1, -0.05) is 12.1 Å². The summed E-state index contributed by atoms with van der Waals surface area (Å²) in [6.07, 6.45) is 2.19. The van der Waals surface area contributed by atoms with E-state index in [0.717, 1.165) is 5.69 Å². The molecule has 6 nitrogen and oxygen atoms in total. The molecule has 0 aliphatic carbocycles. The maximum absolute atomic E-state index is 14.0. The van der Waals surface area contributed by atoms with E-state index in [1.54, 1.807) is 31.0 Å². The SMILES string of the molecule is CN(C)C(=O)C1c2cnn(C)c2CCN1C(=O)c1ccccc1F. The molecule has 3 rings (SSSR count). The van der Waals surface area contributed by atoms with Crippen LogP contribution in [0.2, 0.25) is 0 Å². The van der Waals surface area contributed by atoms with Gasteiger partial charge in [0.25, 0.3) is 5.91 Å². The zero-order valence-electron chi connectivity index (χ0n) is 13.9. The van der Waals surface area contributed by atoms with E-state index in [2.05, 4.69) is 5.10 Å². The van der Waals surface area contributed by atoms with Crippen molar-refractivity contribution in [2.75, 3.05) is 20.6 Å². The van der Waals surface area contributed by atoms with Gasteiger partial charge in [-0.15, -0.1) is 0 Å². The average Bonchev–Trinajstić information content (AvgIpc) is 2.94. The van der Waals surface area contributed by atoms with Gasteiger partial charge in [0.2, 0.25) is 5.91 Å². The Bertz CT molecular complexity index is 800. The van der Waals surface area contributed by atoms with Crippen LogP contribution in [0.3, 0.4) is 0 Å². The lowest BCUT2D eigenvalue weighted by atomic mass is 9.96. The Morgan fingerprint density at radius 1 is 1.29 bits per heavy atom. The number of likely N-dealkylation sites (N-methyl/N-ethyl adjacent to an activating group) is 1. The van der Waals surface area contributed by atoms with Gasteiger partial charge >= 0.3 is 0 Å². The molecule has 1 aromatic carbocycles. The van der Waals surface area contributed by atoms with Crippen molar-refractivity contribution in [2.45, 2.75) is 12.5 Å². The van der Waals surface area contributed by atoms with Crippen LogP contribution >= 0.6 is 0 Å². The minimum Gasteiger partial charge on any atom is -0.347 e. The minimum absolute atomic E-state index is 0.0265. The molecule has 7 heteroatoms. The van der Waals surface area contributed by atoms with Crippen LogP contribution in [0.4, 0.5) is 4.39 Å². The molecule has 0 spiro atoms. The number of benzene rings is 1. The van der Waals surface area contributed by atoms with Crippen LogP contribution in [-0.2, 0) is 18.3 Å². The molecule has 1 aliphatic heterocycles. The van der Waals surface area contributed by atoms with Gasteiger partial charge in [0.15, 0.2) is 0 Å². The third kappa shape index (κ3) is 2.55. The summed E-state index contributed by atoms with van der Waals surface area (Å²) in [5.74, 6) is -1.30. The van der Waals surface area contributed by atoms with E-state index in [-0.39, 0.29) is 11.5 Å². The first-order chi connectivity index (χ1) is 11.4. The highest BCUT2D eigenvalue weighted by molar-refractivity contribution is 5.98. The minimum atomic E-state index is -0.787. The quantitative estimate of drug-likeness (QED) is 0.836. The summed E-state index contributed by atoms with van der Waals surface area (Å²) in [5, 5.41) is 4.21. The van der Waals surface area contributed by atoms with Crippen LogP contribution in [-0.4, -0.2) is 52.0 Å². The number of carbonyl (C=O) groups is 2. The Morgan fingerprint density at radius 3 is 2.67 bits per heavy atom. The standard InChI is InChI=1S/C17H19FN4O2/c1-20(2)17(24)15-12-10-19-21(3)14(12)8-9-22(15)16(23)11-6-4-5-7-13(11)18/h4-7,10,15H,8-9H2,1-3H3. The van der Waals surface area contributed by atoms with Crippen molar-refractivity contribution in [1.82, 2.24) is 19.6 Å². The second-order valence-electron chi connectivity index (χ2n) is 6.03. The molecule has 0 saturated heterocycles. The maximum Gasteiger partial charge on any atom is 0.257 e. The van der Waals surface area contributed by atoms with Crippen LogP contribution in [0.5, 0.6) is 0 Å². The van der Waals surface area contributed by atoms with Crippen molar-refractivity contribution in [1.29, 1.82) is 0 Å². The van der Waals surface area contributed by atoms with Gasteiger partial charge in [0.1, 0.15) is 11.9 Å². The van der Waals surface area contributed by atoms with Gasteiger partial charge in [0.05, 0.1) is 11.8 Å². The Hall–Kier alpha value is -2.70. The van der Waals surface area contributed by atoms with E-state index in [0.29, 0.717) is 18.5 Å². The van der Waals surface area contributed by atoms with E-state index in [1.807, 2.05) is 7.05 Å². The number of hydrogen-bond acceptors (Lipinski definition) is 3. The van der Waals surface area contributed by atoms with E-state index >= 15 is 0 Å². The van der Waals surface area contributed by atoms with E-state index in [4.69, 9.17) is 0 Å². The number of hydrogen-bond donors (Lipinski definition) is 0. The van der Waals surface area contributed by atoms with E-state index in [9.17, 15) is 14.0 Å². The molecule has 24 heavy (non-hydrogen) atoms. The van der Waals surface area contributed by atoms with Crippen molar-refractivity contribution >= 4 is 11.8 Å². The second-order valence-corrected chi connectivity index (χ2v) is 6.03. The van der Waals surface area contributed by atoms with Crippen molar-refractivity contribution < 1.29 is 14.0 Å². The molecule has 1 aromatic heterocycles. The number of carbonyl (C=O) groups excluding carboxylic acids is 2. The number of amides is 2. The molecule has 1 atom stereocenters. The smallest absolute Gasteiger partial charge is 0.257 e. The number of aromatic nitrogens is 2. The first kappa shape index (κ1) is 16.2. The highest BCUT2D eigenvalue weighted by atomic mass is 19.1. The van der Waals surface area contributed by atoms with Gasteiger partial charge in [-0.05, 0) is 12.1 Å². The Balaban J connectivity index is 2.05. The molecule has 0 fully saturated rings. The fourth-order valence-corrected chi connectivity index (χ4v) is 3.06. The summed E-state index contributed by atoms with van der Waals surface area (Å²) in [6, 6.07) is 5.04. The van der Waals surface area contributed by atoms with Crippen LogP contribution in [0, 0.1) is 5.82 Å². The molecular formula is C17H19FN4O2. The molecule has 2 aromatic rings. The number of rotatable bonds is 2. The van der Waals surface area contributed by atoms with Crippen molar-refractivity contribution in [3.63, 3.8) is 0 Å². The van der Waals surface area contributed by atoms with Crippen molar-refractivity contribution in [2.24, 2.45) is 7.05 Å². The van der Waals surface area contributed by atoms with Crippen LogP contribution in [0.15, 0.2) is 30.5 Å². The topological polar surface area (TPSA) is 58.4 Å². The van der Waals surface area contributed by atoms with Crippen molar-refractivity contribution in [3.05, 3.63) is 53.1 Å². The summed E-state index contributed by atoms with van der Waals surface area (Å²) in [7, 11) is 5.09. The Morgan fingerprint density at radius 2 is 2.00 bits per heavy atom. The molecule has 1 aliphatic rings. The summed E-state index contributed by atoms with van der Waals surface area (Å²) in [4.78, 5) is 28.4. The van der Waals surface area contributed by atoms with Gasteiger partial charge < -0.3 is 9.80 Å². The summed E-state index contributed by atoms with van der Waals surface area (Å²) < 4.78 is 15.7. The monoisotopic (exact) mass is 330 g/mol. The third-order valence-corrected chi connectivity index (χ3v) is 4.33. The zero-order chi connectivity index (χ0) is 17.4. The molecule has 0 saturated carbocycles. The predicted octanol–water partition coefficient (Wildman–Crippen LogP) is 1.39. The number of fused-ring (bicyclic) bond motifs is 1. The van der Waals surface area contributed by atoms with Gasteiger partial charge in [-0.2, -0.15) is 5.10 Å². The summed E-state index contributed by atoms with van der Waals surface area (Å²) in [5.41, 5.74) is 1.60. The Kier molecular flexibility index (Phi) is 4.09. The largest absolute Gasteiger partial charge is 0.347 e.